The summed E-state index contributed by atoms with van der Waals surface area (Å²) in [6.07, 6.45) is 5.25. The molecule has 2 aliphatic heterocycles. The summed E-state index contributed by atoms with van der Waals surface area (Å²) in [5, 5.41) is 13.7. The van der Waals surface area contributed by atoms with Crippen molar-refractivity contribution in [2.75, 3.05) is 11.9 Å². The average Bonchev–Trinajstić information content (AvgIpc) is 3.31. The van der Waals surface area contributed by atoms with E-state index >= 15 is 0 Å². The lowest BCUT2D eigenvalue weighted by atomic mass is 9.94. The highest BCUT2D eigenvalue weighted by Crippen LogP contribution is 2.31. The minimum Gasteiger partial charge on any atom is -0.322 e. The highest BCUT2D eigenvalue weighted by atomic mass is 19.1. The smallest absolute Gasteiger partial charge is 0.256 e. The lowest BCUT2D eigenvalue weighted by molar-refractivity contribution is -0.111. The number of nitrogens with zero attached hydrogens (tertiary/aromatic N) is 2. The van der Waals surface area contributed by atoms with E-state index in [1.807, 2.05) is 24.3 Å². The van der Waals surface area contributed by atoms with E-state index in [-0.39, 0.29) is 11.7 Å². The second-order valence-electron chi connectivity index (χ2n) is 7.68. The van der Waals surface area contributed by atoms with E-state index in [2.05, 4.69) is 21.0 Å². The van der Waals surface area contributed by atoms with E-state index in [0.29, 0.717) is 29.8 Å². The largest absolute Gasteiger partial charge is 0.322 e. The first-order chi connectivity index (χ1) is 14.6. The van der Waals surface area contributed by atoms with Crippen LogP contribution in [0.2, 0.25) is 0 Å². The van der Waals surface area contributed by atoms with Gasteiger partial charge in [-0.05, 0) is 46.5 Å². The molecule has 6 nitrogen and oxygen atoms in total. The molecule has 1 amide bonds. The van der Waals surface area contributed by atoms with Crippen molar-refractivity contribution in [1.82, 2.24) is 20.4 Å². The van der Waals surface area contributed by atoms with Gasteiger partial charge in [0.25, 0.3) is 5.91 Å². The van der Waals surface area contributed by atoms with E-state index in [1.165, 1.54) is 17.2 Å². The number of anilines is 1. The second-order valence-corrected chi connectivity index (χ2v) is 7.68. The predicted octanol–water partition coefficient (Wildman–Crippen LogP) is 2.95. The second kappa shape index (κ2) is 7.51. The van der Waals surface area contributed by atoms with Crippen LogP contribution in [0.3, 0.4) is 0 Å². The average molecular weight is 403 g/mol. The number of hydrogen-bond acceptors (Lipinski definition) is 4. The standard InChI is InChI=1S/C23H22FN5O/c1-29-13-17(12-27-29)21-8-20-16(7-22(21)24)11-25-5-4-19(20)23(30)28-18-3-2-14-9-26-10-15(14)6-18/h2-4,6-8,12-13,25-26H,5,9-11H2,1H3,(H,28,30). The summed E-state index contributed by atoms with van der Waals surface area (Å²) >= 11 is 0. The number of hydrogen-bond donors (Lipinski definition) is 3. The Labute approximate surface area is 173 Å². The molecular weight excluding hydrogens is 381 g/mol. The number of aromatic nitrogens is 2. The fourth-order valence-electron chi connectivity index (χ4n) is 4.07. The zero-order valence-corrected chi connectivity index (χ0v) is 16.6. The minimum absolute atomic E-state index is 0.199. The van der Waals surface area contributed by atoms with Crippen molar-refractivity contribution in [2.24, 2.45) is 7.05 Å². The van der Waals surface area contributed by atoms with Crippen molar-refractivity contribution >= 4 is 17.2 Å². The topological polar surface area (TPSA) is 71.0 Å². The summed E-state index contributed by atoms with van der Waals surface area (Å²) < 4.78 is 16.4. The van der Waals surface area contributed by atoms with E-state index in [9.17, 15) is 9.18 Å². The third-order valence-corrected chi connectivity index (χ3v) is 5.60. The molecule has 0 radical (unpaired) electrons. The van der Waals surface area contributed by atoms with Crippen LogP contribution in [0.5, 0.6) is 0 Å². The zero-order valence-electron chi connectivity index (χ0n) is 16.6. The van der Waals surface area contributed by atoms with E-state index in [4.69, 9.17) is 0 Å². The fraction of sp³-hybridized carbons (Fsp3) is 0.217. The molecular formula is C23H22FN5O. The van der Waals surface area contributed by atoms with Gasteiger partial charge in [0.1, 0.15) is 5.82 Å². The third-order valence-electron chi connectivity index (χ3n) is 5.60. The molecule has 3 N–H and O–H groups in total. The Balaban J connectivity index is 1.50. The molecule has 5 rings (SSSR count). The number of aryl methyl sites for hydroxylation is 1. The van der Waals surface area contributed by atoms with Gasteiger partial charge in [0.05, 0.1) is 6.20 Å². The Morgan fingerprint density at radius 1 is 1.07 bits per heavy atom. The van der Waals surface area contributed by atoms with Crippen molar-refractivity contribution in [3.8, 4) is 11.1 Å². The first kappa shape index (κ1) is 18.7. The van der Waals surface area contributed by atoms with E-state index in [1.54, 1.807) is 30.2 Å². The summed E-state index contributed by atoms with van der Waals surface area (Å²) in [6, 6.07) is 9.24. The zero-order chi connectivity index (χ0) is 20.7. The van der Waals surface area contributed by atoms with Crippen molar-refractivity contribution in [3.63, 3.8) is 0 Å². The highest BCUT2D eigenvalue weighted by Gasteiger charge is 2.22. The van der Waals surface area contributed by atoms with Crippen LogP contribution < -0.4 is 16.0 Å². The molecule has 0 aliphatic carbocycles. The first-order valence-corrected chi connectivity index (χ1v) is 9.95. The van der Waals surface area contributed by atoms with Gasteiger partial charge in [0.2, 0.25) is 0 Å². The Hall–Kier alpha value is -3.29. The van der Waals surface area contributed by atoms with Gasteiger partial charge in [0, 0.05) is 61.8 Å². The molecule has 30 heavy (non-hydrogen) atoms. The van der Waals surface area contributed by atoms with Gasteiger partial charge in [-0.25, -0.2) is 4.39 Å². The predicted molar refractivity (Wildman–Crippen MR) is 114 cm³/mol. The quantitative estimate of drug-likeness (QED) is 0.629. The summed E-state index contributed by atoms with van der Waals surface area (Å²) in [5.74, 6) is -0.522. The molecule has 0 spiro atoms. The highest BCUT2D eigenvalue weighted by molar-refractivity contribution is 6.25. The van der Waals surface area contributed by atoms with Crippen molar-refractivity contribution < 1.29 is 9.18 Å². The molecule has 0 saturated heterocycles. The first-order valence-electron chi connectivity index (χ1n) is 9.95. The maximum atomic E-state index is 14.8. The number of halogens is 1. The molecule has 2 aliphatic rings. The lowest BCUT2D eigenvalue weighted by Crippen LogP contribution is -2.15. The van der Waals surface area contributed by atoms with Crippen LogP contribution >= 0.6 is 0 Å². The molecule has 1 aromatic heterocycles. The number of benzene rings is 2. The van der Waals surface area contributed by atoms with Gasteiger partial charge < -0.3 is 16.0 Å². The maximum Gasteiger partial charge on any atom is 0.256 e. The van der Waals surface area contributed by atoms with Gasteiger partial charge in [-0.3, -0.25) is 9.48 Å². The van der Waals surface area contributed by atoms with Crippen LogP contribution in [0.4, 0.5) is 10.1 Å². The van der Waals surface area contributed by atoms with Crippen LogP contribution in [0.1, 0.15) is 22.3 Å². The Bertz CT molecular complexity index is 1180. The summed E-state index contributed by atoms with van der Waals surface area (Å²) in [6.45, 7) is 2.70. The molecule has 0 bridgehead atoms. The lowest BCUT2D eigenvalue weighted by Gasteiger charge is -2.14. The molecule has 0 saturated carbocycles. The Morgan fingerprint density at radius 2 is 1.90 bits per heavy atom. The molecule has 0 unspecified atom stereocenters. The van der Waals surface area contributed by atoms with Crippen LogP contribution in [-0.2, 0) is 31.5 Å². The van der Waals surface area contributed by atoms with Gasteiger partial charge in [-0.1, -0.05) is 12.1 Å². The SMILES string of the molecule is Cn1cc(-c2cc3c(cc2F)CNCC=C3C(=O)Nc2ccc3c(c2)CNC3)cn1. The number of fused-ring (bicyclic) bond motifs is 2. The minimum atomic E-state index is -0.323. The van der Waals surface area contributed by atoms with E-state index in [0.717, 1.165) is 29.9 Å². The molecule has 7 heteroatoms. The van der Waals surface area contributed by atoms with Crippen LogP contribution in [0.15, 0.2) is 48.8 Å². The van der Waals surface area contributed by atoms with E-state index < -0.39 is 0 Å². The fourth-order valence-corrected chi connectivity index (χ4v) is 4.07. The van der Waals surface area contributed by atoms with Gasteiger partial charge in [-0.2, -0.15) is 5.10 Å². The number of amides is 1. The van der Waals surface area contributed by atoms with Crippen molar-refractivity contribution in [2.45, 2.75) is 19.6 Å². The molecule has 3 aromatic rings. The third kappa shape index (κ3) is 3.42. The molecule has 3 heterocycles. The molecule has 0 atom stereocenters. The number of carbonyl (C=O) groups excluding carboxylic acids is 1. The number of rotatable bonds is 3. The Kier molecular flexibility index (Phi) is 4.69. The monoisotopic (exact) mass is 403 g/mol. The van der Waals surface area contributed by atoms with Crippen molar-refractivity contribution in [3.05, 3.63) is 76.9 Å². The van der Waals surface area contributed by atoms with Gasteiger partial charge in [0.15, 0.2) is 0 Å². The maximum absolute atomic E-state index is 14.8. The summed E-state index contributed by atoms with van der Waals surface area (Å²) in [5.41, 5.74) is 6.37. The van der Waals surface area contributed by atoms with Crippen LogP contribution in [0, 0.1) is 5.82 Å². The number of carbonyl (C=O) groups is 1. The number of nitrogens with one attached hydrogen (secondary N) is 3. The molecule has 2 aromatic carbocycles. The van der Waals surface area contributed by atoms with Crippen LogP contribution in [0.25, 0.3) is 16.7 Å². The molecule has 0 fully saturated rings. The van der Waals surface area contributed by atoms with Gasteiger partial charge >= 0.3 is 0 Å². The Morgan fingerprint density at radius 3 is 2.73 bits per heavy atom. The van der Waals surface area contributed by atoms with Crippen molar-refractivity contribution in [1.29, 1.82) is 0 Å². The summed E-state index contributed by atoms with van der Waals surface area (Å²) in [4.78, 5) is 13.2. The van der Waals surface area contributed by atoms with Gasteiger partial charge in [-0.15, -0.1) is 0 Å². The molecule has 152 valence electrons. The summed E-state index contributed by atoms with van der Waals surface area (Å²) in [7, 11) is 1.79. The van der Waals surface area contributed by atoms with Crippen LogP contribution in [-0.4, -0.2) is 22.2 Å². The normalized spacial score (nSPS) is 15.2.